The highest BCUT2D eigenvalue weighted by Gasteiger charge is 2.18. The molecule has 2 heterocycles. The summed E-state index contributed by atoms with van der Waals surface area (Å²) in [4.78, 5) is 22.5. The van der Waals surface area contributed by atoms with Gasteiger partial charge in [-0.3, -0.25) is 4.79 Å². The van der Waals surface area contributed by atoms with Crippen molar-refractivity contribution in [2.75, 3.05) is 0 Å². The minimum atomic E-state index is -1.32. The van der Waals surface area contributed by atoms with E-state index in [0.717, 1.165) is 16.9 Å². The average Bonchev–Trinajstić information content (AvgIpc) is 2.91. The van der Waals surface area contributed by atoms with Crippen LogP contribution in [-0.2, 0) is 11.5 Å². The molecule has 0 aliphatic heterocycles. The summed E-state index contributed by atoms with van der Waals surface area (Å²) in [5, 5.41) is 10.8. The fraction of sp³-hybridized carbons (Fsp3) is 0.375. The van der Waals surface area contributed by atoms with Crippen LogP contribution in [0.3, 0.4) is 0 Å². The van der Waals surface area contributed by atoms with Crippen molar-refractivity contribution in [2.24, 2.45) is 0 Å². The summed E-state index contributed by atoms with van der Waals surface area (Å²) in [7, 11) is 0. The lowest BCUT2D eigenvalue weighted by Crippen LogP contribution is -2.21. The highest BCUT2D eigenvalue weighted by Crippen LogP contribution is 2.29. The van der Waals surface area contributed by atoms with E-state index in [-0.39, 0.29) is 11.5 Å². The van der Waals surface area contributed by atoms with Crippen LogP contribution in [0, 0.1) is 20.8 Å². The van der Waals surface area contributed by atoms with Gasteiger partial charge in [-0.1, -0.05) is 0 Å². The number of thioether (sulfide) groups is 1. The maximum atomic E-state index is 11.7. The van der Waals surface area contributed by atoms with Crippen LogP contribution in [0.5, 0.6) is 0 Å². The molecule has 0 saturated heterocycles. The first kappa shape index (κ1) is 16.4. The van der Waals surface area contributed by atoms with Crippen LogP contribution in [0.2, 0.25) is 0 Å². The third-order valence-corrected chi connectivity index (χ3v) is 4.47. The average molecular weight is 321 g/mol. The van der Waals surface area contributed by atoms with Gasteiger partial charge >= 0.3 is 0 Å². The molecule has 0 radical (unpaired) electrons. The van der Waals surface area contributed by atoms with Gasteiger partial charge in [-0.15, -0.1) is 0 Å². The van der Waals surface area contributed by atoms with Gasteiger partial charge in [-0.2, -0.15) is 11.8 Å². The number of hydrogen-bond acceptors (Lipinski definition) is 6. The van der Waals surface area contributed by atoms with Crippen molar-refractivity contribution in [3.05, 3.63) is 45.8 Å². The summed E-state index contributed by atoms with van der Waals surface area (Å²) in [6.07, 6.45) is 0. The Bertz CT molecular complexity index is 723. The molecule has 22 heavy (non-hydrogen) atoms. The molecule has 0 aliphatic carbocycles. The summed E-state index contributed by atoms with van der Waals surface area (Å²) in [6.45, 7) is 6.87. The molecule has 0 fully saturated rings. The summed E-state index contributed by atoms with van der Waals surface area (Å²) in [6, 6.07) is 1.48. The zero-order chi connectivity index (χ0) is 16.4. The zero-order valence-electron chi connectivity index (χ0n) is 12.9. The van der Waals surface area contributed by atoms with E-state index in [1.807, 2.05) is 6.92 Å². The third-order valence-electron chi connectivity index (χ3n) is 3.46. The van der Waals surface area contributed by atoms with Gasteiger partial charge in [0.2, 0.25) is 0 Å². The summed E-state index contributed by atoms with van der Waals surface area (Å²) in [5.41, 5.74) is 2.35. The second kappa shape index (κ2) is 6.44. The first-order chi connectivity index (χ1) is 10.3. The van der Waals surface area contributed by atoms with E-state index in [1.54, 1.807) is 25.6 Å². The number of carbonyl (C=O) groups is 2. The first-order valence-corrected chi connectivity index (χ1v) is 7.95. The van der Waals surface area contributed by atoms with E-state index in [2.05, 4.69) is 0 Å². The van der Waals surface area contributed by atoms with Crippen molar-refractivity contribution in [1.82, 2.24) is 0 Å². The molecular formula is C16H17O5S-. The second-order valence-electron chi connectivity index (χ2n) is 5.10. The molecule has 0 aromatic carbocycles. The Hall–Kier alpha value is -1.95. The Kier molecular flexibility index (Phi) is 4.81. The predicted molar refractivity (Wildman–Crippen MR) is 81.0 cm³/mol. The second-order valence-corrected chi connectivity index (χ2v) is 6.08. The highest BCUT2D eigenvalue weighted by atomic mass is 32.2. The maximum absolute atomic E-state index is 11.7. The lowest BCUT2D eigenvalue weighted by Gasteiger charge is -2.02. The number of carboxylic acid groups (broad SMARTS) is 1. The number of aromatic carboxylic acids is 1. The van der Waals surface area contributed by atoms with Crippen LogP contribution in [0.1, 0.15) is 56.2 Å². The number of hydrogen-bond donors (Lipinski definition) is 0. The number of Topliss-reactive ketones (excluding diaryl/α,β-unsaturated/α-hetero) is 1. The molecular weight excluding hydrogens is 304 g/mol. The van der Waals surface area contributed by atoms with Crippen molar-refractivity contribution in [1.29, 1.82) is 0 Å². The monoisotopic (exact) mass is 321 g/mol. The van der Waals surface area contributed by atoms with E-state index < -0.39 is 5.97 Å². The van der Waals surface area contributed by atoms with Gasteiger partial charge in [0.05, 0.1) is 5.56 Å². The van der Waals surface area contributed by atoms with Gasteiger partial charge in [0.15, 0.2) is 5.78 Å². The van der Waals surface area contributed by atoms with Gasteiger partial charge in [-0.05, 0) is 33.8 Å². The molecule has 6 heteroatoms. The van der Waals surface area contributed by atoms with Gasteiger partial charge in [0.1, 0.15) is 29.0 Å². The van der Waals surface area contributed by atoms with Gasteiger partial charge < -0.3 is 18.7 Å². The molecule has 2 aromatic rings. The molecule has 0 amide bonds. The van der Waals surface area contributed by atoms with Crippen LogP contribution < -0.4 is 5.11 Å². The molecule has 0 saturated carbocycles. The van der Waals surface area contributed by atoms with Crippen molar-refractivity contribution >= 4 is 23.5 Å². The van der Waals surface area contributed by atoms with Crippen molar-refractivity contribution < 1.29 is 23.5 Å². The predicted octanol–water partition coefficient (Wildman–Crippen LogP) is 2.80. The molecule has 0 spiro atoms. The van der Waals surface area contributed by atoms with Crippen LogP contribution in [0.15, 0.2) is 14.9 Å². The summed E-state index contributed by atoms with van der Waals surface area (Å²) in [5.74, 6) is 1.66. The largest absolute Gasteiger partial charge is 0.542 e. The SMILES string of the molecule is CC(=O)c1c(C)oc(C)c1CSCc1cc(C(=O)[O-])oc1C. The van der Waals surface area contributed by atoms with Gasteiger partial charge in [0, 0.05) is 22.6 Å². The van der Waals surface area contributed by atoms with E-state index in [9.17, 15) is 14.7 Å². The molecule has 0 unspecified atom stereocenters. The number of furan rings is 2. The molecule has 5 nitrogen and oxygen atoms in total. The topological polar surface area (TPSA) is 83.5 Å². The van der Waals surface area contributed by atoms with Crippen molar-refractivity contribution in [3.8, 4) is 0 Å². The fourth-order valence-electron chi connectivity index (χ4n) is 2.39. The van der Waals surface area contributed by atoms with Crippen LogP contribution in [0.25, 0.3) is 0 Å². The van der Waals surface area contributed by atoms with E-state index in [1.165, 1.54) is 13.0 Å². The molecule has 118 valence electrons. The fourth-order valence-corrected chi connectivity index (χ4v) is 3.55. The van der Waals surface area contributed by atoms with Crippen LogP contribution >= 0.6 is 11.8 Å². The Morgan fingerprint density at radius 1 is 1.09 bits per heavy atom. The smallest absolute Gasteiger partial charge is 0.163 e. The van der Waals surface area contributed by atoms with Crippen molar-refractivity contribution in [2.45, 2.75) is 39.2 Å². The normalized spacial score (nSPS) is 10.9. The van der Waals surface area contributed by atoms with Gasteiger partial charge in [-0.25, -0.2) is 0 Å². The maximum Gasteiger partial charge on any atom is 0.163 e. The van der Waals surface area contributed by atoms with E-state index in [4.69, 9.17) is 8.83 Å². The molecule has 0 N–H and O–H groups in total. The zero-order valence-corrected chi connectivity index (χ0v) is 13.8. The minimum Gasteiger partial charge on any atom is -0.542 e. The third kappa shape index (κ3) is 3.27. The number of ketones is 1. The van der Waals surface area contributed by atoms with Gasteiger partial charge in [0.25, 0.3) is 0 Å². The van der Waals surface area contributed by atoms with Crippen molar-refractivity contribution in [3.63, 3.8) is 0 Å². The van der Waals surface area contributed by atoms with E-state index >= 15 is 0 Å². The molecule has 0 bridgehead atoms. The molecule has 2 aromatic heterocycles. The lowest BCUT2D eigenvalue weighted by atomic mass is 10.1. The quantitative estimate of drug-likeness (QED) is 0.761. The van der Waals surface area contributed by atoms with Crippen LogP contribution in [0.4, 0.5) is 0 Å². The number of carboxylic acids is 1. The molecule has 0 aliphatic rings. The highest BCUT2D eigenvalue weighted by molar-refractivity contribution is 7.97. The van der Waals surface area contributed by atoms with E-state index in [0.29, 0.717) is 28.6 Å². The standard InChI is InChI=1S/C16H18O5S/c1-8(17)15-11(4)20-10(3)13(15)7-22-6-12-5-14(16(18)19)21-9(12)2/h5H,6-7H2,1-4H3,(H,18,19)/p-1. The Balaban J connectivity index is 2.09. The Morgan fingerprint density at radius 3 is 2.32 bits per heavy atom. The van der Waals surface area contributed by atoms with Crippen LogP contribution in [-0.4, -0.2) is 11.8 Å². The number of carbonyl (C=O) groups excluding carboxylic acids is 2. The molecule has 0 atom stereocenters. The summed E-state index contributed by atoms with van der Waals surface area (Å²) >= 11 is 1.57. The number of rotatable bonds is 6. The first-order valence-electron chi connectivity index (χ1n) is 6.79. The Labute approximate surface area is 132 Å². The summed E-state index contributed by atoms with van der Waals surface area (Å²) < 4.78 is 10.7. The lowest BCUT2D eigenvalue weighted by molar-refractivity contribution is -0.257. The molecule has 2 rings (SSSR count). The minimum absolute atomic E-state index is 0.0105. The number of aryl methyl sites for hydroxylation is 3. The Morgan fingerprint density at radius 2 is 1.77 bits per heavy atom.